The summed E-state index contributed by atoms with van der Waals surface area (Å²) in [4.78, 5) is 23.5. The van der Waals surface area contributed by atoms with Gasteiger partial charge < -0.3 is 4.74 Å². The Morgan fingerprint density at radius 1 is 1.29 bits per heavy atom. The van der Waals surface area contributed by atoms with Gasteiger partial charge in [-0.15, -0.1) is 0 Å². The molecule has 0 aromatic heterocycles. The van der Waals surface area contributed by atoms with Gasteiger partial charge in [-0.3, -0.25) is 4.79 Å². The smallest absolute Gasteiger partial charge is 0.341 e. The Kier molecular flexibility index (Phi) is 4.91. The minimum atomic E-state index is -0.602. The SMILES string of the molecule is C/C=C(\C(=O)OCC)C(=O)c1ccc(Cl)cc1. The molecule has 0 unspecified atom stereocenters. The number of esters is 1. The number of hydrogen-bond donors (Lipinski definition) is 0. The topological polar surface area (TPSA) is 43.4 Å². The summed E-state index contributed by atoms with van der Waals surface area (Å²) in [5.41, 5.74) is 0.449. The highest BCUT2D eigenvalue weighted by atomic mass is 35.5. The number of benzene rings is 1. The molecule has 3 nitrogen and oxygen atoms in total. The normalized spacial score (nSPS) is 11.1. The van der Waals surface area contributed by atoms with Crippen LogP contribution in [-0.2, 0) is 9.53 Å². The molecule has 4 heteroatoms. The number of carbonyl (C=O) groups is 2. The number of rotatable bonds is 4. The Hall–Kier alpha value is -1.61. The van der Waals surface area contributed by atoms with Crippen LogP contribution in [0.2, 0.25) is 5.02 Å². The first-order valence-electron chi connectivity index (χ1n) is 5.23. The fourth-order valence-corrected chi connectivity index (χ4v) is 1.43. The van der Waals surface area contributed by atoms with Crippen molar-refractivity contribution in [3.8, 4) is 0 Å². The molecule has 0 spiro atoms. The number of Topliss-reactive ketones (excluding diaryl/α,β-unsaturated/α-hetero) is 1. The van der Waals surface area contributed by atoms with Gasteiger partial charge in [0.15, 0.2) is 5.78 Å². The van der Waals surface area contributed by atoms with Crippen LogP contribution in [0.5, 0.6) is 0 Å². The van der Waals surface area contributed by atoms with Gasteiger partial charge in [-0.05, 0) is 38.1 Å². The Bertz CT molecular complexity index is 446. The number of ether oxygens (including phenoxy) is 1. The largest absolute Gasteiger partial charge is 0.462 e. The Morgan fingerprint density at radius 2 is 1.88 bits per heavy atom. The minimum absolute atomic E-state index is 0.0363. The summed E-state index contributed by atoms with van der Waals surface area (Å²) < 4.78 is 4.81. The van der Waals surface area contributed by atoms with Crippen LogP contribution < -0.4 is 0 Å². The molecule has 0 aliphatic carbocycles. The molecule has 0 atom stereocenters. The maximum absolute atomic E-state index is 12.0. The summed E-state index contributed by atoms with van der Waals surface area (Å²) >= 11 is 5.72. The van der Waals surface area contributed by atoms with Gasteiger partial charge >= 0.3 is 5.97 Å². The molecule has 0 N–H and O–H groups in total. The van der Waals surface area contributed by atoms with Crippen LogP contribution >= 0.6 is 11.6 Å². The third-order valence-corrected chi connectivity index (χ3v) is 2.39. The van der Waals surface area contributed by atoms with Gasteiger partial charge in [-0.2, -0.15) is 0 Å². The van der Waals surface area contributed by atoms with E-state index >= 15 is 0 Å². The summed E-state index contributed by atoms with van der Waals surface area (Å²) in [6, 6.07) is 6.36. The van der Waals surface area contributed by atoms with Crippen molar-refractivity contribution in [2.24, 2.45) is 0 Å². The van der Waals surface area contributed by atoms with Crippen LogP contribution in [0.15, 0.2) is 35.9 Å². The predicted octanol–water partition coefficient (Wildman–Crippen LogP) is 3.03. The average Bonchev–Trinajstić information content (AvgIpc) is 2.31. The molecule has 1 rings (SSSR count). The van der Waals surface area contributed by atoms with E-state index in [4.69, 9.17) is 16.3 Å². The van der Waals surface area contributed by atoms with Crippen molar-refractivity contribution in [2.75, 3.05) is 6.61 Å². The number of carbonyl (C=O) groups excluding carboxylic acids is 2. The number of hydrogen-bond acceptors (Lipinski definition) is 3. The molecule has 0 aliphatic heterocycles. The van der Waals surface area contributed by atoms with Crippen LogP contribution in [0.4, 0.5) is 0 Å². The summed E-state index contributed by atoms with van der Waals surface area (Å²) in [6.07, 6.45) is 1.45. The third-order valence-electron chi connectivity index (χ3n) is 2.14. The monoisotopic (exact) mass is 252 g/mol. The summed E-state index contributed by atoms with van der Waals surface area (Å²) in [7, 11) is 0. The molecule has 0 heterocycles. The second-order valence-corrected chi connectivity index (χ2v) is 3.70. The zero-order valence-corrected chi connectivity index (χ0v) is 10.5. The van der Waals surface area contributed by atoms with Crippen molar-refractivity contribution in [2.45, 2.75) is 13.8 Å². The lowest BCUT2D eigenvalue weighted by Crippen LogP contribution is -2.16. The molecule has 0 fully saturated rings. The van der Waals surface area contributed by atoms with Gasteiger partial charge in [0, 0.05) is 10.6 Å². The molecule has 0 bridgehead atoms. The lowest BCUT2D eigenvalue weighted by Gasteiger charge is -2.05. The van der Waals surface area contributed by atoms with Crippen LogP contribution in [0, 0.1) is 0 Å². The molecule has 17 heavy (non-hydrogen) atoms. The summed E-state index contributed by atoms with van der Waals surface area (Å²) in [6.45, 7) is 3.56. The number of allylic oxidation sites excluding steroid dienone is 1. The quantitative estimate of drug-likeness (QED) is 0.272. The van der Waals surface area contributed by atoms with E-state index in [2.05, 4.69) is 0 Å². The Labute approximate surface area is 105 Å². The Balaban J connectivity index is 2.95. The van der Waals surface area contributed by atoms with E-state index in [1.165, 1.54) is 6.08 Å². The Morgan fingerprint density at radius 3 is 2.35 bits per heavy atom. The first kappa shape index (κ1) is 13.5. The highest BCUT2D eigenvalue weighted by molar-refractivity contribution is 6.31. The van der Waals surface area contributed by atoms with Gasteiger partial charge in [0.05, 0.1) is 6.61 Å². The van der Waals surface area contributed by atoms with Crippen molar-refractivity contribution in [3.63, 3.8) is 0 Å². The zero-order chi connectivity index (χ0) is 12.8. The van der Waals surface area contributed by atoms with Gasteiger partial charge in [0.1, 0.15) is 5.57 Å². The predicted molar refractivity (Wildman–Crippen MR) is 66.2 cm³/mol. The van der Waals surface area contributed by atoms with E-state index in [0.717, 1.165) is 0 Å². The van der Waals surface area contributed by atoms with E-state index in [9.17, 15) is 9.59 Å². The number of ketones is 1. The standard InChI is InChI=1S/C13H13ClO3/c1-3-11(13(16)17-4-2)12(15)9-5-7-10(14)8-6-9/h3,5-8H,4H2,1-2H3/b11-3-. The van der Waals surface area contributed by atoms with Crippen molar-refractivity contribution in [3.05, 3.63) is 46.5 Å². The molecule has 0 radical (unpaired) electrons. The van der Waals surface area contributed by atoms with E-state index in [1.807, 2.05) is 0 Å². The molecule has 0 amide bonds. The maximum Gasteiger partial charge on any atom is 0.341 e. The summed E-state index contributed by atoms with van der Waals surface area (Å²) in [5.74, 6) is -0.961. The maximum atomic E-state index is 12.0. The molecular weight excluding hydrogens is 240 g/mol. The van der Waals surface area contributed by atoms with Crippen LogP contribution in [-0.4, -0.2) is 18.4 Å². The zero-order valence-electron chi connectivity index (χ0n) is 9.70. The fourth-order valence-electron chi connectivity index (χ4n) is 1.31. The molecular formula is C13H13ClO3. The van der Waals surface area contributed by atoms with E-state index in [1.54, 1.807) is 38.1 Å². The van der Waals surface area contributed by atoms with Crippen molar-refractivity contribution in [1.29, 1.82) is 0 Å². The average molecular weight is 253 g/mol. The lowest BCUT2D eigenvalue weighted by molar-refractivity contribution is -0.138. The molecule has 90 valence electrons. The second-order valence-electron chi connectivity index (χ2n) is 3.26. The first-order valence-corrected chi connectivity index (χ1v) is 5.61. The molecule has 1 aromatic carbocycles. The van der Waals surface area contributed by atoms with Gasteiger partial charge in [-0.25, -0.2) is 4.79 Å². The third kappa shape index (κ3) is 3.43. The van der Waals surface area contributed by atoms with Gasteiger partial charge in [0.25, 0.3) is 0 Å². The second kappa shape index (κ2) is 6.21. The fraction of sp³-hybridized carbons (Fsp3) is 0.231. The first-order chi connectivity index (χ1) is 8.10. The number of halogens is 1. The molecule has 0 saturated carbocycles. The summed E-state index contributed by atoms with van der Waals surface area (Å²) in [5, 5.41) is 0.541. The highest BCUT2D eigenvalue weighted by Crippen LogP contribution is 2.14. The molecule has 0 saturated heterocycles. The molecule has 0 aliphatic rings. The van der Waals surface area contributed by atoms with Crippen LogP contribution in [0.3, 0.4) is 0 Å². The van der Waals surface area contributed by atoms with Gasteiger partial charge in [-0.1, -0.05) is 17.7 Å². The van der Waals surface area contributed by atoms with Crippen molar-refractivity contribution >= 4 is 23.4 Å². The van der Waals surface area contributed by atoms with E-state index in [0.29, 0.717) is 10.6 Å². The van der Waals surface area contributed by atoms with Crippen molar-refractivity contribution in [1.82, 2.24) is 0 Å². The van der Waals surface area contributed by atoms with Gasteiger partial charge in [0.2, 0.25) is 0 Å². The minimum Gasteiger partial charge on any atom is -0.462 e. The van der Waals surface area contributed by atoms with Crippen LogP contribution in [0.25, 0.3) is 0 Å². The van der Waals surface area contributed by atoms with E-state index in [-0.39, 0.29) is 18.0 Å². The van der Waals surface area contributed by atoms with E-state index < -0.39 is 5.97 Å². The lowest BCUT2D eigenvalue weighted by atomic mass is 10.0. The highest BCUT2D eigenvalue weighted by Gasteiger charge is 2.19. The molecule has 1 aromatic rings. The van der Waals surface area contributed by atoms with Crippen LogP contribution in [0.1, 0.15) is 24.2 Å². The van der Waals surface area contributed by atoms with Crippen molar-refractivity contribution < 1.29 is 14.3 Å².